The molecule has 1 aliphatic rings. The van der Waals surface area contributed by atoms with E-state index in [2.05, 4.69) is 18.7 Å². The second-order valence-electron chi connectivity index (χ2n) is 4.12. The Morgan fingerprint density at radius 3 is 2.25 bits per heavy atom. The van der Waals surface area contributed by atoms with Gasteiger partial charge >= 0.3 is 0 Å². The molecule has 0 aromatic heterocycles. The lowest BCUT2D eigenvalue weighted by Crippen LogP contribution is -2.36. The molecule has 0 spiro atoms. The average Bonchev–Trinajstić information content (AvgIpc) is 2.06. The van der Waals surface area contributed by atoms with Crippen molar-refractivity contribution in [3.63, 3.8) is 0 Å². The summed E-state index contributed by atoms with van der Waals surface area (Å²) in [5.41, 5.74) is 0. The number of nitrogens with zero attached hydrogens (tertiary/aromatic N) is 1. The second-order valence-corrected chi connectivity index (χ2v) is 4.68. The van der Waals surface area contributed by atoms with Crippen LogP contribution in [0.25, 0.3) is 0 Å². The van der Waals surface area contributed by atoms with E-state index in [0.29, 0.717) is 11.3 Å². The van der Waals surface area contributed by atoms with E-state index >= 15 is 0 Å². The molecule has 0 bridgehead atoms. The van der Waals surface area contributed by atoms with Crippen LogP contribution in [0.3, 0.4) is 0 Å². The first-order chi connectivity index (χ1) is 5.70. The Bertz CT molecular complexity index is 119. The van der Waals surface area contributed by atoms with Gasteiger partial charge in [-0.15, -0.1) is 11.6 Å². The average molecular weight is 190 g/mol. The van der Waals surface area contributed by atoms with Crippen LogP contribution in [0.1, 0.15) is 33.1 Å². The summed E-state index contributed by atoms with van der Waals surface area (Å²) in [6, 6.07) is 0. The van der Waals surface area contributed by atoms with Crippen LogP contribution in [-0.2, 0) is 0 Å². The van der Waals surface area contributed by atoms with E-state index in [0.717, 1.165) is 6.54 Å². The highest BCUT2D eigenvalue weighted by molar-refractivity contribution is 6.20. The van der Waals surface area contributed by atoms with Gasteiger partial charge in [0.05, 0.1) is 0 Å². The van der Waals surface area contributed by atoms with Crippen LogP contribution in [0.15, 0.2) is 0 Å². The Morgan fingerprint density at radius 2 is 1.75 bits per heavy atom. The summed E-state index contributed by atoms with van der Waals surface area (Å²) in [7, 11) is 0. The van der Waals surface area contributed by atoms with Crippen molar-refractivity contribution in [2.24, 2.45) is 5.92 Å². The molecule has 1 aliphatic heterocycles. The molecule has 0 aromatic carbocycles. The van der Waals surface area contributed by atoms with Crippen LogP contribution in [0.5, 0.6) is 0 Å². The van der Waals surface area contributed by atoms with Crippen molar-refractivity contribution in [3.05, 3.63) is 0 Å². The highest BCUT2D eigenvalue weighted by atomic mass is 35.5. The van der Waals surface area contributed by atoms with Crippen LogP contribution in [0, 0.1) is 5.92 Å². The molecule has 12 heavy (non-hydrogen) atoms. The molecule has 1 rings (SSSR count). The summed E-state index contributed by atoms with van der Waals surface area (Å²) in [6.45, 7) is 7.99. The standard InChI is InChI=1S/C10H20ClN/c1-9(2)10(11)8-12-6-4-3-5-7-12/h9-10H,3-8H2,1-2H3. The van der Waals surface area contributed by atoms with Crippen LogP contribution in [0.4, 0.5) is 0 Å². The lowest BCUT2D eigenvalue weighted by Gasteiger charge is -2.29. The first-order valence-corrected chi connectivity index (χ1v) is 5.50. The lowest BCUT2D eigenvalue weighted by molar-refractivity contribution is 0.219. The van der Waals surface area contributed by atoms with E-state index in [1.54, 1.807) is 0 Å². The van der Waals surface area contributed by atoms with Gasteiger partial charge in [-0.05, 0) is 31.8 Å². The van der Waals surface area contributed by atoms with Gasteiger partial charge in [-0.1, -0.05) is 20.3 Å². The third-order valence-electron chi connectivity index (χ3n) is 2.60. The number of piperidine rings is 1. The van der Waals surface area contributed by atoms with Crippen molar-refractivity contribution in [1.29, 1.82) is 0 Å². The highest BCUT2D eigenvalue weighted by Gasteiger charge is 2.16. The molecule has 1 saturated heterocycles. The van der Waals surface area contributed by atoms with Gasteiger partial charge in [0.1, 0.15) is 0 Å². The summed E-state index contributed by atoms with van der Waals surface area (Å²) >= 11 is 6.21. The number of rotatable bonds is 3. The van der Waals surface area contributed by atoms with Gasteiger partial charge in [-0.2, -0.15) is 0 Å². The number of halogens is 1. The van der Waals surface area contributed by atoms with Crippen LogP contribution in [0.2, 0.25) is 0 Å². The molecule has 0 N–H and O–H groups in total. The van der Waals surface area contributed by atoms with Gasteiger partial charge in [0.15, 0.2) is 0 Å². The Balaban J connectivity index is 2.20. The summed E-state index contributed by atoms with van der Waals surface area (Å²) < 4.78 is 0. The first kappa shape index (κ1) is 10.3. The zero-order valence-corrected chi connectivity index (χ0v) is 8.98. The van der Waals surface area contributed by atoms with E-state index in [1.807, 2.05) is 0 Å². The molecule has 0 amide bonds. The zero-order chi connectivity index (χ0) is 8.97. The second kappa shape index (κ2) is 5.08. The van der Waals surface area contributed by atoms with Gasteiger partial charge in [-0.3, -0.25) is 0 Å². The highest BCUT2D eigenvalue weighted by Crippen LogP contribution is 2.15. The van der Waals surface area contributed by atoms with E-state index in [4.69, 9.17) is 11.6 Å². The number of likely N-dealkylation sites (tertiary alicyclic amines) is 1. The fraction of sp³-hybridized carbons (Fsp3) is 1.00. The fourth-order valence-corrected chi connectivity index (χ4v) is 1.79. The SMILES string of the molecule is CC(C)C(Cl)CN1CCCCC1. The summed E-state index contributed by atoms with van der Waals surface area (Å²) in [6.07, 6.45) is 4.13. The number of alkyl halides is 1. The van der Waals surface area contributed by atoms with E-state index < -0.39 is 0 Å². The van der Waals surface area contributed by atoms with Gasteiger partial charge < -0.3 is 4.90 Å². The molecular formula is C10H20ClN. The predicted octanol–water partition coefficient (Wildman–Crippen LogP) is 2.74. The molecule has 2 heteroatoms. The minimum atomic E-state index is 0.336. The van der Waals surface area contributed by atoms with Gasteiger partial charge in [0.2, 0.25) is 0 Å². The van der Waals surface area contributed by atoms with E-state index in [9.17, 15) is 0 Å². The number of hydrogen-bond acceptors (Lipinski definition) is 1. The zero-order valence-electron chi connectivity index (χ0n) is 8.22. The minimum absolute atomic E-state index is 0.336. The van der Waals surface area contributed by atoms with Gasteiger partial charge in [0.25, 0.3) is 0 Å². The third kappa shape index (κ3) is 3.32. The maximum Gasteiger partial charge on any atom is 0.0486 e. The first-order valence-electron chi connectivity index (χ1n) is 5.06. The molecule has 0 saturated carbocycles. The van der Waals surface area contributed by atoms with Crippen molar-refractivity contribution >= 4 is 11.6 Å². The summed E-state index contributed by atoms with van der Waals surface area (Å²) in [4.78, 5) is 2.50. The maximum absolute atomic E-state index is 6.21. The van der Waals surface area contributed by atoms with Crippen LogP contribution < -0.4 is 0 Å². The van der Waals surface area contributed by atoms with Crippen molar-refractivity contribution in [3.8, 4) is 0 Å². The fourth-order valence-electron chi connectivity index (χ4n) is 1.60. The van der Waals surface area contributed by atoms with Crippen molar-refractivity contribution < 1.29 is 0 Å². The minimum Gasteiger partial charge on any atom is -0.302 e. The molecular weight excluding hydrogens is 170 g/mol. The molecule has 0 aromatic rings. The molecule has 1 fully saturated rings. The van der Waals surface area contributed by atoms with Gasteiger partial charge in [-0.25, -0.2) is 0 Å². The molecule has 1 atom stereocenters. The number of hydrogen-bond donors (Lipinski definition) is 0. The molecule has 0 radical (unpaired) electrons. The largest absolute Gasteiger partial charge is 0.302 e. The quantitative estimate of drug-likeness (QED) is 0.618. The maximum atomic E-state index is 6.21. The normalized spacial score (nSPS) is 23.0. The van der Waals surface area contributed by atoms with E-state index in [-0.39, 0.29) is 0 Å². The van der Waals surface area contributed by atoms with Crippen LogP contribution >= 0.6 is 11.6 Å². The smallest absolute Gasteiger partial charge is 0.0486 e. The Morgan fingerprint density at radius 1 is 1.17 bits per heavy atom. The van der Waals surface area contributed by atoms with Crippen molar-refractivity contribution in [1.82, 2.24) is 4.90 Å². The Hall–Kier alpha value is 0.250. The predicted molar refractivity (Wildman–Crippen MR) is 54.8 cm³/mol. The molecule has 0 aliphatic carbocycles. The third-order valence-corrected chi connectivity index (χ3v) is 3.25. The van der Waals surface area contributed by atoms with Crippen molar-refractivity contribution in [2.75, 3.05) is 19.6 Å². The van der Waals surface area contributed by atoms with Gasteiger partial charge in [0, 0.05) is 11.9 Å². The molecule has 1 heterocycles. The Labute approximate surface area is 81.1 Å². The van der Waals surface area contributed by atoms with E-state index in [1.165, 1.54) is 32.4 Å². The lowest BCUT2D eigenvalue weighted by atomic mass is 10.1. The molecule has 1 unspecified atom stereocenters. The molecule has 1 nitrogen and oxygen atoms in total. The summed E-state index contributed by atoms with van der Waals surface area (Å²) in [5.74, 6) is 0.605. The topological polar surface area (TPSA) is 3.24 Å². The molecule has 72 valence electrons. The Kier molecular flexibility index (Phi) is 4.38. The van der Waals surface area contributed by atoms with Crippen LogP contribution in [-0.4, -0.2) is 29.9 Å². The van der Waals surface area contributed by atoms with Crippen molar-refractivity contribution in [2.45, 2.75) is 38.5 Å². The monoisotopic (exact) mass is 189 g/mol. The summed E-state index contributed by atoms with van der Waals surface area (Å²) in [5, 5.41) is 0.336.